The van der Waals surface area contributed by atoms with Crippen molar-refractivity contribution in [2.75, 3.05) is 6.54 Å². The average molecular weight is 294 g/mol. The Morgan fingerprint density at radius 1 is 1.29 bits per heavy atom. The van der Waals surface area contributed by atoms with Gasteiger partial charge in [-0.2, -0.15) is 0 Å². The predicted molar refractivity (Wildman–Crippen MR) is 75.2 cm³/mol. The molecule has 1 atom stereocenters. The molecule has 2 heteroatoms. The topological polar surface area (TPSA) is 26.0 Å². The minimum Gasteiger partial charge on any atom is -0.330 e. The van der Waals surface area contributed by atoms with Crippen molar-refractivity contribution in [2.45, 2.75) is 43.9 Å². The number of rotatable bonds is 1. The molecular formula is C15H20BrN. The minimum atomic E-state index is 0.409. The molecule has 2 aliphatic rings. The Balaban J connectivity index is 2.12. The molecular weight excluding hydrogens is 274 g/mol. The lowest BCUT2D eigenvalue weighted by Gasteiger charge is -2.43. The van der Waals surface area contributed by atoms with E-state index in [4.69, 9.17) is 5.73 Å². The summed E-state index contributed by atoms with van der Waals surface area (Å²) in [5.74, 6) is 0.701. The summed E-state index contributed by atoms with van der Waals surface area (Å²) < 4.78 is 1.22. The maximum Gasteiger partial charge on any atom is 0.0178 e. The Kier molecular flexibility index (Phi) is 3.04. The van der Waals surface area contributed by atoms with E-state index in [1.54, 1.807) is 11.1 Å². The van der Waals surface area contributed by atoms with Crippen LogP contribution in [0.1, 0.15) is 43.2 Å². The Labute approximate surface area is 112 Å². The first-order valence-corrected chi connectivity index (χ1v) is 7.54. The Bertz CT molecular complexity index is 421. The van der Waals surface area contributed by atoms with Gasteiger partial charge in [0.2, 0.25) is 0 Å². The smallest absolute Gasteiger partial charge is 0.0178 e. The van der Waals surface area contributed by atoms with Gasteiger partial charge in [-0.15, -0.1) is 0 Å². The van der Waals surface area contributed by atoms with Crippen LogP contribution in [0.15, 0.2) is 22.7 Å². The predicted octanol–water partition coefficient (Wildman–Crippen LogP) is 3.78. The molecule has 1 nitrogen and oxygen atoms in total. The van der Waals surface area contributed by atoms with E-state index < -0.39 is 0 Å². The molecule has 0 saturated heterocycles. The summed E-state index contributed by atoms with van der Waals surface area (Å²) in [5.41, 5.74) is 9.62. The number of aryl methyl sites for hydroxylation is 1. The van der Waals surface area contributed by atoms with Crippen LogP contribution in [0.4, 0.5) is 0 Å². The Morgan fingerprint density at radius 2 is 2.06 bits per heavy atom. The molecule has 0 heterocycles. The van der Waals surface area contributed by atoms with Crippen LogP contribution >= 0.6 is 15.9 Å². The lowest BCUT2D eigenvalue weighted by Crippen LogP contribution is -2.41. The molecule has 1 aromatic carbocycles. The van der Waals surface area contributed by atoms with Gasteiger partial charge in [0.1, 0.15) is 0 Å². The quantitative estimate of drug-likeness (QED) is 0.838. The zero-order valence-corrected chi connectivity index (χ0v) is 11.8. The molecule has 0 bridgehead atoms. The van der Waals surface area contributed by atoms with Gasteiger partial charge < -0.3 is 5.73 Å². The molecule has 3 rings (SSSR count). The summed E-state index contributed by atoms with van der Waals surface area (Å²) >= 11 is 3.63. The van der Waals surface area contributed by atoms with Crippen LogP contribution in [-0.4, -0.2) is 6.54 Å². The zero-order chi connectivity index (χ0) is 11.9. The van der Waals surface area contributed by atoms with Crippen LogP contribution in [-0.2, 0) is 11.8 Å². The molecule has 17 heavy (non-hydrogen) atoms. The van der Waals surface area contributed by atoms with Crippen LogP contribution in [0.2, 0.25) is 0 Å². The maximum atomic E-state index is 6.04. The van der Waals surface area contributed by atoms with Crippen molar-refractivity contribution in [3.05, 3.63) is 33.8 Å². The van der Waals surface area contributed by atoms with Crippen molar-refractivity contribution in [3.63, 3.8) is 0 Å². The Morgan fingerprint density at radius 3 is 2.76 bits per heavy atom. The largest absolute Gasteiger partial charge is 0.330 e. The molecule has 1 saturated carbocycles. The molecule has 0 aromatic heterocycles. The van der Waals surface area contributed by atoms with Crippen LogP contribution in [0.3, 0.4) is 0 Å². The molecule has 1 unspecified atom stereocenters. The fourth-order valence-electron chi connectivity index (χ4n) is 4.08. The van der Waals surface area contributed by atoms with E-state index in [1.165, 1.54) is 43.0 Å². The van der Waals surface area contributed by atoms with Crippen LogP contribution in [0, 0.1) is 5.92 Å². The van der Waals surface area contributed by atoms with Gasteiger partial charge in [-0.1, -0.05) is 34.8 Å². The fraction of sp³-hybridized carbons (Fsp3) is 0.600. The second kappa shape index (κ2) is 4.40. The van der Waals surface area contributed by atoms with E-state index in [9.17, 15) is 0 Å². The number of halogens is 1. The van der Waals surface area contributed by atoms with Crippen LogP contribution in [0.5, 0.6) is 0 Å². The number of hydrogen-bond donors (Lipinski definition) is 1. The molecule has 92 valence electrons. The monoisotopic (exact) mass is 293 g/mol. The Hall–Kier alpha value is -0.340. The van der Waals surface area contributed by atoms with Crippen molar-refractivity contribution in [2.24, 2.45) is 11.7 Å². The molecule has 1 aromatic rings. The third kappa shape index (κ3) is 1.77. The SMILES string of the molecule is NCC1CCc2ccc(Br)cc2C12CCCC2. The number of fused-ring (bicyclic) bond motifs is 2. The van der Waals surface area contributed by atoms with Gasteiger partial charge >= 0.3 is 0 Å². The molecule has 2 aliphatic carbocycles. The standard InChI is InChI=1S/C15H20BrN/c16-13-6-4-11-3-5-12(10-17)15(14(11)9-13)7-1-2-8-15/h4,6,9,12H,1-3,5,7-8,10,17H2. The van der Waals surface area contributed by atoms with Crippen LogP contribution < -0.4 is 5.73 Å². The van der Waals surface area contributed by atoms with E-state index in [0.29, 0.717) is 11.3 Å². The molecule has 0 amide bonds. The molecule has 2 N–H and O–H groups in total. The van der Waals surface area contributed by atoms with Gasteiger partial charge in [-0.05, 0) is 66.8 Å². The zero-order valence-electron chi connectivity index (χ0n) is 10.2. The van der Waals surface area contributed by atoms with Gasteiger partial charge in [-0.25, -0.2) is 0 Å². The molecule has 0 aliphatic heterocycles. The lowest BCUT2D eigenvalue weighted by molar-refractivity contribution is 0.243. The fourth-order valence-corrected chi connectivity index (χ4v) is 4.44. The highest BCUT2D eigenvalue weighted by molar-refractivity contribution is 9.10. The summed E-state index contributed by atoms with van der Waals surface area (Å²) in [6, 6.07) is 6.86. The summed E-state index contributed by atoms with van der Waals surface area (Å²) in [4.78, 5) is 0. The second-order valence-corrected chi connectivity index (χ2v) is 6.55. The van der Waals surface area contributed by atoms with Crippen molar-refractivity contribution in [1.29, 1.82) is 0 Å². The van der Waals surface area contributed by atoms with E-state index in [2.05, 4.69) is 34.1 Å². The average Bonchev–Trinajstić information content (AvgIpc) is 2.81. The highest BCUT2D eigenvalue weighted by Gasteiger charge is 2.45. The summed E-state index contributed by atoms with van der Waals surface area (Å²) in [6.07, 6.45) is 7.94. The molecule has 1 fully saturated rings. The first kappa shape index (κ1) is 11.7. The van der Waals surface area contributed by atoms with Gasteiger partial charge in [0.25, 0.3) is 0 Å². The lowest BCUT2D eigenvalue weighted by atomic mass is 9.62. The van der Waals surface area contributed by atoms with Crippen molar-refractivity contribution in [1.82, 2.24) is 0 Å². The van der Waals surface area contributed by atoms with Crippen molar-refractivity contribution >= 4 is 15.9 Å². The van der Waals surface area contributed by atoms with Gasteiger partial charge in [0.15, 0.2) is 0 Å². The molecule has 1 spiro atoms. The van der Waals surface area contributed by atoms with Gasteiger partial charge in [0.05, 0.1) is 0 Å². The van der Waals surface area contributed by atoms with Crippen molar-refractivity contribution < 1.29 is 0 Å². The van der Waals surface area contributed by atoms with E-state index >= 15 is 0 Å². The van der Waals surface area contributed by atoms with Gasteiger partial charge in [0, 0.05) is 4.47 Å². The van der Waals surface area contributed by atoms with E-state index in [-0.39, 0.29) is 0 Å². The highest BCUT2D eigenvalue weighted by Crippen LogP contribution is 2.52. The van der Waals surface area contributed by atoms with Crippen molar-refractivity contribution in [3.8, 4) is 0 Å². The maximum absolute atomic E-state index is 6.04. The van der Waals surface area contributed by atoms with E-state index in [1.807, 2.05) is 0 Å². The third-order valence-corrected chi connectivity index (χ3v) is 5.43. The molecule has 0 radical (unpaired) electrons. The van der Waals surface area contributed by atoms with Gasteiger partial charge in [-0.3, -0.25) is 0 Å². The number of hydrogen-bond acceptors (Lipinski definition) is 1. The normalized spacial score (nSPS) is 26.1. The second-order valence-electron chi connectivity index (χ2n) is 5.64. The van der Waals surface area contributed by atoms with E-state index in [0.717, 1.165) is 6.54 Å². The minimum absolute atomic E-state index is 0.409. The number of benzene rings is 1. The number of nitrogens with two attached hydrogens (primary N) is 1. The summed E-state index contributed by atoms with van der Waals surface area (Å²) in [7, 11) is 0. The first-order valence-electron chi connectivity index (χ1n) is 6.75. The first-order chi connectivity index (χ1) is 8.26. The highest BCUT2D eigenvalue weighted by atomic mass is 79.9. The third-order valence-electron chi connectivity index (χ3n) is 4.93. The summed E-state index contributed by atoms with van der Waals surface area (Å²) in [5, 5.41) is 0. The van der Waals surface area contributed by atoms with Crippen LogP contribution in [0.25, 0.3) is 0 Å². The summed E-state index contributed by atoms with van der Waals surface area (Å²) in [6.45, 7) is 0.853.